The van der Waals surface area contributed by atoms with Crippen molar-refractivity contribution >= 4 is 22.3 Å². The maximum Gasteiger partial charge on any atom is 0.216 e. The zero-order valence-electron chi connectivity index (χ0n) is 14.6. The highest BCUT2D eigenvalue weighted by atomic mass is 32.1. The van der Waals surface area contributed by atoms with Crippen molar-refractivity contribution in [2.45, 2.75) is 27.3 Å². The predicted octanol–water partition coefficient (Wildman–Crippen LogP) is 2.64. The van der Waals surface area contributed by atoms with E-state index in [9.17, 15) is 0 Å². The molecule has 1 aliphatic rings. The minimum absolute atomic E-state index is 0.474. The molecule has 3 rings (SSSR count). The molecule has 0 radical (unpaired) electrons. The first-order chi connectivity index (χ1) is 11.7. The Morgan fingerprint density at radius 3 is 2.71 bits per heavy atom. The van der Waals surface area contributed by atoms with Crippen molar-refractivity contribution in [1.29, 1.82) is 0 Å². The van der Waals surface area contributed by atoms with Crippen LogP contribution in [0.3, 0.4) is 0 Å². The fraction of sp³-hybridized carbons (Fsp3) is 0.529. The van der Waals surface area contributed by atoms with E-state index in [0.29, 0.717) is 12.4 Å². The predicted molar refractivity (Wildman–Crippen MR) is 98.9 cm³/mol. The number of nitrogens with one attached hydrogen (secondary N) is 1. The van der Waals surface area contributed by atoms with Gasteiger partial charge in [0.1, 0.15) is 12.3 Å². The molecule has 0 spiro atoms. The molecule has 7 heteroatoms. The Morgan fingerprint density at radius 2 is 2.12 bits per heavy atom. The molecule has 0 amide bonds. The van der Waals surface area contributed by atoms with Crippen LogP contribution in [-0.4, -0.2) is 48.6 Å². The zero-order valence-corrected chi connectivity index (χ0v) is 15.4. The summed E-state index contributed by atoms with van der Waals surface area (Å²) in [4.78, 5) is 13.9. The fourth-order valence-corrected chi connectivity index (χ4v) is 3.55. The summed E-state index contributed by atoms with van der Waals surface area (Å²) in [5.41, 5.74) is 0.940. The minimum Gasteiger partial charge on any atom is -0.444 e. The van der Waals surface area contributed by atoms with Crippen LogP contribution in [0.25, 0.3) is 0 Å². The number of aliphatic imine (C=N–C) groups is 1. The van der Waals surface area contributed by atoms with E-state index in [4.69, 9.17) is 9.41 Å². The van der Waals surface area contributed by atoms with Gasteiger partial charge in [0.2, 0.25) is 5.89 Å². The molecule has 2 aromatic rings. The molecule has 0 atom stereocenters. The van der Waals surface area contributed by atoms with E-state index >= 15 is 0 Å². The second-order valence-electron chi connectivity index (χ2n) is 5.84. The van der Waals surface area contributed by atoms with Crippen LogP contribution >= 0.6 is 11.3 Å². The lowest BCUT2D eigenvalue weighted by molar-refractivity contribution is 0.372. The molecule has 2 aromatic heterocycles. The molecule has 6 nitrogen and oxygen atoms in total. The van der Waals surface area contributed by atoms with Gasteiger partial charge in [0, 0.05) is 32.7 Å². The van der Waals surface area contributed by atoms with Gasteiger partial charge in [0.05, 0.1) is 10.7 Å². The van der Waals surface area contributed by atoms with Gasteiger partial charge >= 0.3 is 0 Å². The normalized spacial score (nSPS) is 15.9. The van der Waals surface area contributed by atoms with Crippen molar-refractivity contribution in [3.8, 4) is 0 Å². The van der Waals surface area contributed by atoms with Crippen LogP contribution in [-0.2, 0) is 6.54 Å². The summed E-state index contributed by atoms with van der Waals surface area (Å²) in [6, 6.07) is 4.30. The lowest BCUT2D eigenvalue weighted by atomic mass is 10.3. The first kappa shape index (κ1) is 16.8. The van der Waals surface area contributed by atoms with Crippen LogP contribution in [0.4, 0.5) is 5.00 Å². The topological polar surface area (TPSA) is 56.9 Å². The van der Waals surface area contributed by atoms with Gasteiger partial charge in [0.15, 0.2) is 5.96 Å². The smallest absolute Gasteiger partial charge is 0.216 e. The van der Waals surface area contributed by atoms with Gasteiger partial charge in [0.25, 0.3) is 0 Å². The van der Waals surface area contributed by atoms with Gasteiger partial charge in [-0.25, -0.2) is 9.98 Å². The van der Waals surface area contributed by atoms with E-state index in [-0.39, 0.29) is 0 Å². The van der Waals surface area contributed by atoms with Crippen LogP contribution in [0.5, 0.6) is 0 Å². The number of rotatable bonds is 4. The Kier molecular flexibility index (Phi) is 5.40. The number of piperazine rings is 1. The SMILES string of the molecule is CCNC(=NCc1nc(C)c(C)o1)N1CCN(c2cccs2)CC1. The Balaban J connectivity index is 1.62. The van der Waals surface area contributed by atoms with Crippen LogP contribution < -0.4 is 10.2 Å². The molecule has 1 fully saturated rings. The molecular weight excluding hydrogens is 322 g/mol. The highest BCUT2D eigenvalue weighted by Gasteiger charge is 2.20. The van der Waals surface area contributed by atoms with E-state index in [1.807, 2.05) is 13.8 Å². The largest absolute Gasteiger partial charge is 0.444 e. The van der Waals surface area contributed by atoms with E-state index in [1.54, 1.807) is 11.3 Å². The van der Waals surface area contributed by atoms with E-state index in [2.05, 4.69) is 44.5 Å². The Hall–Kier alpha value is -2.02. The number of thiophene rings is 1. The van der Waals surface area contributed by atoms with Gasteiger partial charge in [-0.2, -0.15) is 0 Å². The summed E-state index contributed by atoms with van der Waals surface area (Å²) >= 11 is 1.80. The standard InChI is InChI=1S/C17H25N5OS/c1-4-18-17(19-12-15-20-13(2)14(3)23-15)22-9-7-21(8-10-22)16-6-5-11-24-16/h5-6,11H,4,7-10,12H2,1-3H3,(H,18,19). The second kappa shape index (κ2) is 7.70. The summed E-state index contributed by atoms with van der Waals surface area (Å²) in [6.45, 7) is 11.3. The maximum absolute atomic E-state index is 5.62. The summed E-state index contributed by atoms with van der Waals surface area (Å²) in [6.07, 6.45) is 0. The zero-order chi connectivity index (χ0) is 16.9. The third-order valence-corrected chi connectivity index (χ3v) is 5.10. The molecule has 0 aliphatic carbocycles. The van der Waals surface area contributed by atoms with Crippen LogP contribution in [0.2, 0.25) is 0 Å². The molecule has 0 unspecified atom stereocenters. The fourth-order valence-electron chi connectivity index (χ4n) is 2.76. The van der Waals surface area contributed by atoms with Gasteiger partial charge < -0.3 is 19.5 Å². The number of hydrogen-bond acceptors (Lipinski definition) is 5. The van der Waals surface area contributed by atoms with E-state index in [0.717, 1.165) is 50.1 Å². The summed E-state index contributed by atoms with van der Waals surface area (Å²) in [5, 5.41) is 6.87. The monoisotopic (exact) mass is 347 g/mol. The lowest BCUT2D eigenvalue weighted by Crippen LogP contribution is -2.52. The lowest BCUT2D eigenvalue weighted by Gasteiger charge is -2.37. The number of hydrogen-bond donors (Lipinski definition) is 1. The van der Waals surface area contributed by atoms with Gasteiger partial charge in [-0.05, 0) is 38.3 Å². The minimum atomic E-state index is 0.474. The number of aryl methyl sites for hydroxylation is 2. The van der Waals surface area contributed by atoms with Gasteiger partial charge in [-0.15, -0.1) is 11.3 Å². The average Bonchev–Trinajstić information content (AvgIpc) is 3.22. The molecule has 0 aromatic carbocycles. The van der Waals surface area contributed by atoms with Crippen LogP contribution in [0, 0.1) is 13.8 Å². The molecular formula is C17H25N5OS. The summed E-state index contributed by atoms with van der Waals surface area (Å²) < 4.78 is 5.62. The van der Waals surface area contributed by atoms with Crippen molar-refractivity contribution in [2.75, 3.05) is 37.6 Å². The quantitative estimate of drug-likeness (QED) is 0.681. The molecule has 1 aliphatic heterocycles. The first-order valence-electron chi connectivity index (χ1n) is 8.42. The highest BCUT2D eigenvalue weighted by molar-refractivity contribution is 7.14. The van der Waals surface area contributed by atoms with E-state index < -0.39 is 0 Å². The third kappa shape index (κ3) is 3.90. The number of anilines is 1. The summed E-state index contributed by atoms with van der Waals surface area (Å²) in [5.74, 6) is 2.49. The average molecular weight is 347 g/mol. The van der Waals surface area contributed by atoms with Crippen LogP contribution in [0.1, 0.15) is 24.3 Å². The van der Waals surface area contributed by atoms with Crippen molar-refractivity contribution in [1.82, 2.24) is 15.2 Å². The van der Waals surface area contributed by atoms with Crippen LogP contribution in [0.15, 0.2) is 26.9 Å². The maximum atomic E-state index is 5.62. The molecule has 24 heavy (non-hydrogen) atoms. The summed E-state index contributed by atoms with van der Waals surface area (Å²) in [7, 11) is 0. The third-order valence-electron chi connectivity index (χ3n) is 4.17. The van der Waals surface area contributed by atoms with E-state index in [1.165, 1.54) is 5.00 Å². The first-order valence-corrected chi connectivity index (χ1v) is 9.30. The van der Waals surface area contributed by atoms with Gasteiger partial charge in [-0.3, -0.25) is 0 Å². The Morgan fingerprint density at radius 1 is 1.33 bits per heavy atom. The van der Waals surface area contributed by atoms with Crippen molar-refractivity contribution in [3.63, 3.8) is 0 Å². The number of oxazole rings is 1. The second-order valence-corrected chi connectivity index (χ2v) is 6.77. The van der Waals surface area contributed by atoms with Crippen molar-refractivity contribution in [2.24, 2.45) is 4.99 Å². The molecule has 130 valence electrons. The number of aromatic nitrogens is 1. The Labute approximate surface area is 147 Å². The van der Waals surface area contributed by atoms with Gasteiger partial charge in [-0.1, -0.05) is 0 Å². The highest BCUT2D eigenvalue weighted by Crippen LogP contribution is 2.22. The van der Waals surface area contributed by atoms with Crippen molar-refractivity contribution < 1.29 is 4.42 Å². The Bertz CT molecular complexity index is 652. The molecule has 0 saturated carbocycles. The number of nitrogens with zero attached hydrogens (tertiary/aromatic N) is 4. The molecule has 1 N–H and O–H groups in total. The molecule has 3 heterocycles. The number of guanidine groups is 1. The van der Waals surface area contributed by atoms with Crippen molar-refractivity contribution in [3.05, 3.63) is 34.9 Å². The molecule has 1 saturated heterocycles. The molecule has 0 bridgehead atoms.